The van der Waals surface area contributed by atoms with Gasteiger partial charge >= 0.3 is 0 Å². The molecule has 3 aromatic rings. The zero-order valence-electron chi connectivity index (χ0n) is 17.2. The van der Waals surface area contributed by atoms with Crippen molar-refractivity contribution in [2.75, 3.05) is 25.6 Å². The lowest BCUT2D eigenvalue weighted by Gasteiger charge is -2.24. The number of rotatable bonds is 4. The molecule has 31 heavy (non-hydrogen) atoms. The third kappa shape index (κ3) is 3.30. The second-order valence-electron chi connectivity index (χ2n) is 7.49. The molecule has 0 fully saturated rings. The van der Waals surface area contributed by atoms with E-state index >= 15 is 0 Å². The number of carbonyl (C=O) groups is 2. The molecule has 0 radical (unpaired) electrons. The molecule has 0 saturated carbocycles. The zero-order chi connectivity index (χ0) is 21.5. The van der Waals surface area contributed by atoms with Gasteiger partial charge in [0.15, 0.2) is 17.3 Å². The molecule has 0 saturated heterocycles. The van der Waals surface area contributed by atoms with Crippen molar-refractivity contribution >= 4 is 17.5 Å². The zero-order valence-corrected chi connectivity index (χ0v) is 17.2. The summed E-state index contributed by atoms with van der Waals surface area (Å²) in [5.41, 5.74) is 2.67. The number of benzene rings is 2. The number of ketones is 1. The third-order valence-electron chi connectivity index (χ3n) is 5.56. The van der Waals surface area contributed by atoms with Crippen molar-refractivity contribution in [3.05, 3.63) is 59.3 Å². The van der Waals surface area contributed by atoms with E-state index in [9.17, 15) is 9.59 Å². The smallest absolute Gasteiger partial charge is 0.226 e. The summed E-state index contributed by atoms with van der Waals surface area (Å²) in [7, 11) is 1.60. The summed E-state index contributed by atoms with van der Waals surface area (Å²) < 4.78 is 18.0. The third-order valence-corrected chi connectivity index (χ3v) is 5.56. The van der Waals surface area contributed by atoms with Crippen LogP contribution in [0.4, 0.5) is 5.82 Å². The second-order valence-corrected chi connectivity index (χ2v) is 7.49. The van der Waals surface area contributed by atoms with E-state index in [2.05, 4.69) is 10.4 Å². The van der Waals surface area contributed by atoms with E-state index in [0.717, 1.165) is 17.0 Å². The van der Waals surface area contributed by atoms with Gasteiger partial charge in [0.2, 0.25) is 5.91 Å². The Morgan fingerprint density at radius 3 is 2.61 bits per heavy atom. The van der Waals surface area contributed by atoms with Gasteiger partial charge in [-0.25, -0.2) is 4.68 Å². The molecule has 0 bridgehead atoms. The highest BCUT2D eigenvalue weighted by atomic mass is 16.6. The fourth-order valence-electron chi connectivity index (χ4n) is 4.08. The molecule has 1 aromatic heterocycles. The molecule has 2 aliphatic rings. The van der Waals surface area contributed by atoms with Crippen LogP contribution >= 0.6 is 0 Å². The van der Waals surface area contributed by atoms with Crippen LogP contribution in [0, 0.1) is 6.92 Å². The molecule has 0 spiro atoms. The quantitative estimate of drug-likeness (QED) is 0.653. The number of hydrogen-bond acceptors (Lipinski definition) is 6. The van der Waals surface area contributed by atoms with Gasteiger partial charge in [0.05, 0.1) is 24.4 Å². The summed E-state index contributed by atoms with van der Waals surface area (Å²) in [5, 5.41) is 7.51. The standard InChI is InChI=1S/C23H21N3O5/c1-13-21-17(22(28)14-3-8-18-19(11-14)31-10-9-30-18)12-20(27)24-23(21)26(25-13)15-4-6-16(29-2)7-5-15/h3-8,11,17H,9-10,12H2,1-2H3,(H,24,27)/t17-/m1/s1. The van der Waals surface area contributed by atoms with Crippen LogP contribution in [0.25, 0.3) is 5.69 Å². The first kappa shape index (κ1) is 19.2. The van der Waals surface area contributed by atoms with Crippen LogP contribution in [0.5, 0.6) is 17.2 Å². The lowest BCUT2D eigenvalue weighted by Crippen LogP contribution is -2.28. The predicted molar refractivity (Wildman–Crippen MR) is 113 cm³/mol. The highest BCUT2D eigenvalue weighted by molar-refractivity contribution is 6.08. The lowest BCUT2D eigenvalue weighted by molar-refractivity contribution is -0.116. The van der Waals surface area contributed by atoms with Crippen molar-refractivity contribution in [3.8, 4) is 22.9 Å². The number of aryl methyl sites for hydroxylation is 1. The van der Waals surface area contributed by atoms with E-state index in [4.69, 9.17) is 14.2 Å². The normalized spacial score (nSPS) is 17.0. The van der Waals surface area contributed by atoms with E-state index in [-0.39, 0.29) is 18.1 Å². The minimum Gasteiger partial charge on any atom is -0.497 e. The summed E-state index contributed by atoms with van der Waals surface area (Å²) in [6, 6.07) is 12.5. The van der Waals surface area contributed by atoms with Gasteiger partial charge in [-0.3, -0.25) is 9.59 Å². The fourth-order valence-corrected chi connectivity index (χ4v) is 4.08. The number of carbonyl (C=O) groups excluding carboxylic acids is 2. The number of nitrogens with zero attached hydrogens (tertiary/aromatic N) is 2. The minimum absolute atomic E-state index is 0.0649. The van der Waals surface area contributed by atoms with Crippen LogP contribution in [0.3, 0.4) is 0 Å². The Labute approximate surface area is 178 Å². The molecule has 1 N–H and O–H groups in total. The van der Waals surface area contributed by atoms with Crippen LogP contribution in [-0.2, 0) is 4.79 Å². The first-order valence-electron chi connectivity index (χ1n) is 10.0. The number of ether oxygens (including phenoxy) is 3. The van der Waals surface area contributed by atoms with Gasteiger partial charge in [0.25, 0.3) is 0 Å². The minimum atomic E-state index is -0.627. The van der Waals surface area contributed by atoms with Gasteiger partial charge in [-0.2, -0.15) is 5.10 Å². The van der Waals surface area contributed by atoms with Gasteiger partial charge < -0.3 is 19.5 Å². The SMILES string of the molecule is COc1ccc(-n2nc(C)c3c2NC(=O)C[C@H]3C(=O)c2ccc3c(c2)OCCO3)cc1. The number of amides is 1. The Kier molecular flexibility index (Phi) is 4.62. The highest BCUT2D eigenvalue weighted by Gasteiger charge is 2.36. The molecule has 2 aliphatic heterocycles. The molecule has 0 unspecified atom stereocenters. The van der Waals surface area contributed by atoms with Crippen molar-refractivity contribution < 1.29 is 23.8 Å². The summed E-state index contributed by atoms with van der Waals surface area (Å²) in [4.78, 5) is 26.0. The Morgan fingerprint density at radius 1 is 1.13 bits per heavy atom. The molecule has 158 valence electrons. The van der Waals surface area contributed by atoms with E-state index in [0.29, 0.717) is 41.8 Å². The van der Waals surface area contributed by atoms with Gasteiger partial charge in [-0.05, 0) is 49.4 Å². The number of aromatic nitrogens is 2. The van der Waals surface area contributed by atoms with Crippen molar-refractivity contribution in [1.29, 1.82) is 0 Å². The van der Waals surface area contributed by atoms with Crippen molar-refractivity contribution in [1.82, 2.24) is 9.78 Å². The summed E-state index contributed by atoms with van der Waals surface area (Å²) >= 11 is 0. The summed E-state index contributed by atoms with van der Waals surface area (Å²) in [6.45, 7) is 2.77. The maximum Gasteiger partial charge on any atom is 0.226 e. The molecule has 0 aliphatic carbocycles. The van der Waals surface area contributed by atoms with Crippen LogP contribution in [-0.4, -0.2) is 41.8 Å². The summed E-state index contributed by atoms with van der Waals surface area (Å²) in [5.74, 6) is 1.41. The molecule has 5 rings (SSSR count). The maximum absolute atomic E-state index is 13.4. The van der Waals surface area contributed by atoms with E-state index in [1.807, 2.05) is 31.2 Å². The molecule has 8 heteroatoms. The Bertz CT molecular complexity index is 1180. The molecule has 3 heterocycles. The first-order chi connectivity index (χ1) is 15.0. The maximum atomic E-state index is 13.4. The summed E-state index contributed by atoms with van der Waals surface area (Å²) in [6.07, 6.45) is 0.0649. The van der Waals surface area contributed by atoms with E-state index in [1.54, 1.807) is 30.0 Å². The molecular weight excluding hydrogens is 398 g/mol. The van der Waals surface area contributed by atoms with Crippen molar-refractivity contribution in [3.63, 3.8) is 0 Å². The number of anilines is 1. The number of nitrogens with one attached hydrogen (secondary N) is 1. The number of hydrogen-bond donors (Lipinski definition) is 1. The highest BCUT2D eigenvalue weighted by Crippen LogP contribution is 2.39. The first-order valence-corrected chi connectivity index (χ1v) is 10.0. The molecule has 1 amide bonds. The van der Waals surface area contributed by atoms with Crippen LogP contribution in [0.1, 0.15) is 34.0 Å². The van der Waals surface area contributed by atoms with E-state index in [1.165, 1.54) is 0 Å². The van der Waals surface area contributed by atoms with Crippen molar-refractivity contribution in [2.24, 2.45) is 0 Å². The van der Waals surface area contributed by atoms with Crippen LogP contribution in [0.2, 0.25) is 0 Å². The fraction of sp³-hybridized carbons (Fsp3) is 0.261. The Balaban J connectivity index is 1.54. The second kappa shape index (κ2) is 7.46. The largest absolute Gasteiger partial charge is 0.497 e. The number of Topliss-reactive ketones (excluding diaryl/α,β-unsaturated/α-hetero) is 1. The van der Waals surface area contributed by atoms with Crippen LogP contribution < -0.4 is 19.5 Å². The predicted octanol–water partition coefficient (Wildman–Crippen LogP) is 3.27. The topological polar surface area (TPSA) is 91.7 Å². The molecule has 8 nitrogen and oxygen atoms in total. The van der Waals surface area contributed by atoms with Gasteiger partial charge in [0.1, 0.15) is 24.8 Å². The number of fused-ring (bicyclic) bond motifs is 2. The average molecular weight is 419 g/mol. The van der Waals surface area contributed by atoms with Crippen molar-refractivity contribution in [2.45, 2.75) is 19.3 Å². The van der Waals surface area contributed by atoms with Gasteiger partial charge in [-0.1, -0.05) is 0 Å². The number of methoxy groups -OCH3 is 1. The Hall–Kier alpha value is -3.81. The Morgan fingerprint density at radius 2 is 1.87 bits per heavy atom. The lowest BCUT2D eigenvalue weighted by atomic mass is 9.85. The van der Waals surface area contributed by atoms with E-state index < -0.39 is 5.92 Å². The monoisotopic (exact) mass is 419 g/mol. The van der Waals surface area contributed by atoms with Gasteiger partial charge in [-0.15, -0.1) is 0 Å². The molecule has 1 atom stereocenters. The average Bonchev–Trinajstić information content (AvgIpc) is 3.13. The van der Waals surface area contributed by atoms with Crippen LogP contribution in [0.15, 0.2) is 42.5 Å². The molecule has 2 aromatic carbocycles. The van der Waals surface area contributed by atoms with Gasteiger partial charge in [0, 0.05) is 17.5 Å². The molecular formula is C23H21N3O5.